The molecule has 0 saturated carbocycles. The molecule has 1 saturated heterocycles. The molecule has 31 heavy (non-hydrogen) atoms. The maximum atomic E-state index is 12.7. The maximum Gasteiger partial charge on any atom is 0.242 e. The van der Waals surface area contributed by atoms with Gasteiger partial charge in [0.25, 0.3) is 0 Å². The van der Waals surface area contributed by atoms with Crippen LogP contribution < -0.4 is 5.32 Å². The molecule has 162 valence electrons. The second-order valence-electron chi connectivity index (χ2n) is 7.39. The molecule has 3 heterocycles. The molecule has 1 fully saturated rings. The van der Waals surface area contributed by atoms with Gasteiger partial charge in [0.2, 0.25) is 5.91 Å². The molecule has 1 aromatic carbocycles. The fourth-order valence-corrected chi connectivity index (χ4v) is 3.74. The van der Waals surface area contributed by atoms with Crippen LogP contribution >= 0.6 is 11.6 Å². The van der Waals surface area contributed by atoms with Crippen molar-refractivity contribution < 1.29 is 4.79 Å². The summed E-state index contributed by atoms with van der Waals surface area (Å²) in [6, 6.07) is 13.5. The number of nitrogens with zero attached hydrogens (tertiary/aromatic N) is 6. The van der Waals surface area contributed by atoms with Crippen LogP contribution in [0.3, 0.4) is 0 Å². The number of aliphatic imine (C=N–C) groups is 1. The normalized spacial score (nSPS) is 15.0. The predicted molar refractivity (Wildman–Crippen MR) is 121 cm³/mol. The number of rotatable bonds is 6. The average Bonchev–Trinajstić information content (AvgIpc) is 3.19. The molecule has 0 aliphatic carbocycles. The summed E-state index contributed by atoms with van der Waals surface area (Å²) in [5.74, 6) is 1.73. The van der Waals surface area contributed by atoms with E-state index in [1.165, 1.54) is 0 Å². The molecule has 1 N–H and O–H groups in total. The summed E-state index contributed by atoms with van der Waals surface area (Å²) in [6.07, 6.45) is 2.63. The Hall–Kier alpha value is -3.13. The Morgan fingerprint density at radius 1 is 1.16 bits per heavy atom. The largest absolute Gasteiger partial charge is 0.357 e. The molecule has 0 unspecified atom stereocenters. The van der Waals surface area contributed by atoms with E-state index >= 15 is 0 Å². The van der Waals surface area contributed by atoms with E-state index in [-0.39, 0.29) is 5.91 Å². The molecule has 2 aromatic heterocycles. The van der Waals surface area contributed by atoms with Crippen molar-refractivity contribution in [3.63, 3.8) is 0 Å². The van der Waals surface area contributed by atoms with Crippen molar-refractivity contribution in [2.24, 2.45) is 4.99 Å². The van der Waals surface area contributed by atoms with E-state index in [0.717, 1.165) is 36.1 Å². The van der Waals surface area contributed by atoms with E-state index in [0.29, 0.717) is 37.6 Å². The van der Waals surface area contributed by atoms with Crippen molar-refractivity contribution in [3.05, 3.63) is 65.1 Å². The molecule has 0 atom stereocenters. The summed E-state index contributed by atoms with van der Waals surface area (Å²) >= 11 is 5.95. The van der Waals surface area contributed by atoms with E-state index in [1.807, 2.05) is 69.8 Å². The highest BCUT2D eigenvalue weighted by Gasteiger charge is 2.26. The minimum Gasteiger partial charge on any atom is -0.357 e. The first-order chi connectivity index (χ1) is 15.1. The van der Waals surface area contributed by atoms with Gasteiger partial charge in [-0.05, 0) is 36.8 Å². The molecule has 1 aliphatic rings. The number of pyridine rings is 1. The Morgan fingerprint density at radius 2 is 2.00 bits per heavy atom. The van der Waals surface area contributed by atoms with Crippen molar-refractivity contribution in [1.82, 2.24) is 29.7 Å². The molecule has 0 spiro atoms. The monoisotopic (exact) mass is 439 g/mol. The topological polar surface area (TPSA) is 78.1 Å². The molecule has 8 nitrogen and oxygen atoms in total. The van der Waals surface area contributed by atoms with Gasteiger partial charge in [0.1, 0.15) is 5.82 Å². The van der Waals surface area contributed by atoms with Gasteiger partial charge in [0.05, 0.1) is 6.54 Å². The SMILES string of the molecule is CCNC(=NCCc1nnc2ccccn12)N1CCN(Cc2ccc(Cl)cc2)C(=O)C1. The zero-order valence-electron chi connectivity index (χ0n) is 17.5. The Kier molecular flexibility index (Phi) is 6.66. The van der Waals surface area contributed by atoms with Crippen LogP contribution in [0.2, 0.25) is 5.02 Å². The first-order valence-electron chi connectivity index (χ1n) is 10.5. The van der Waals surface area contributed by atoms with Crippen LogP contribution in [0.4, 0.5) is 0 Å². The van der Waals surface area contributed by atoms with Crippen LogP contribution in [0.5, 0.6) is 0 Å². The summed E-state index contributed by atoms with van der Waals surface area (Å²) in [5.41, 5.74) is 1.91. The number of halogens is 1. The number of piperazine rings is 1. The molecule has 9 heteroatoms. The van der Waals surface area contributed by atoms with Gasteiger partial charge >= 0.3 is 0 Å². The number of benzene rings is 1. The third kappa shape index (κ3) is 5.14. The van der Waals surface area contributed by atoms with Crippen LogP contribution in [0.15, 0.2) is 53.7 Å². The lowest BCUT2D eigenvalue weighted by Gasteiger charge is -2.36. The number of hydrogen-bond donors (Lipinski definition) is 1. The molecule has 0 radical (unpaired) electrons. The Balaban J connectivity index is 1.36. The Morgan fingerprint density at radius 3 is 2.77 bits per heavy atom. The zero-order valence-corrected chi connectivity index (χ0v) is 18.3. The number of amides is 1. The van der Waals surface area contributed by atoms with Gasteiger partial charge in [-0.1, -0.05) is 29.8 Å². The lowest BCUT2D eigenvalue weighted by Crippen LogP contribution is -2.55. The molecule has 0 bridgehead atoms. The molecule has 1 aliphatic heterocycles. The highest BCUT2D eigenvalue weighted by Crippen LogP contribution is 2.14. The number of nitrogens with one attached hydrogen (secondary N) is 1. The van der Waals surface area contributed by atoms with Gasteiger partial charge < -0.3 is 15.1 Å². The summed E-state index contributed by atoms with van der Waals surface area (Å²) in [4.78, 5) is 21.4. The van der Waals surface area contributed by atoms with E-state index in [9.17, 15) is 4.79 Å². The van der Waals surface area contributed by atoms with Gasteiger partial charge in [0, 0.05) is 50.4 Å². The molecular weight excluding hydrogens is 414 g/mol. The standard InChI is InChI=1S/C22H26ClN7O/c1-2-24-22(25-11-10-20-27-26-19-5-3-4-12-30(19)20)29-14-13-28(21(31)16-29)15-17-6-8-18(23)9-7-17/h3-9,12H,2,10-11,13-16H2,1H3,(H,24,25). The van der Waals surface area contributed by atoms with Gasteiger partial charge in [-0.15, -0.1) is 10.2 Å². The van der Waals surface area contributed by atoms with Crippen molar-refractivity contribution in [2.75, 3.05) is 32.7 Å². The fourth-order valence-electron chi connectivity index (χ4n) is 3.62. The first-order valence-corrected chi connectivity index (χ1v) is 10.9. The number of hydrogen-bond acceptors (Lipinski definition) is 4. The molecule has 1 amide bonds. The van der Waals surface area contributed by atoms with Crippen LogP contribution in [0.25, 0.3) is 5.65 Å². The zero-order chi connectivity index (χ0) is 21.6. The molecule has 3 aromatic rings. The van der Waals surface area contributed by atoms with Gasteiger partial charge in [-0.2, -0.15) is 0 Å². The maximum absolute atomic E-state index is 12.7. The molecule has 4 rings (SSSR count). The van der Waals surface area contributed by atoms with Crippen molar-refractivity contribution in [2.45, 2.75) is 19.9 Å². The lowest BCUT2D eigenvalue weighted by atomic mass is 10.2. The molecular formula is C22H26ClN7O. The van der Waals surface area contributed by atoms with Crippen LogP contribution in [0.1, 0.15) is 18.3 Å². The van der Waals surface area contributed by atoms with Crippen LogP contribution in [-0.4, -0.2) is 69.0 Å². The first kappa shape index (κ1) is 21.1. The number of aromatic nitrogens is 3. The van der Waals surface area contributed by atoms with Crippen LogP contribution in [-0.2, 0) is 17.8 Å². The van der Waals surface area contributed by atoms with Crippen molar-refractivity contribution in [1.29, 1.82) is 0 Å². The summed E-state index contributed by atoms with van der Waals surface area (Å²) < 4.78 is 1.97. The Labute approximate surface area is 186 Å². The van der Waals surface area contributed by atoms with Gasteiger partial charge in [-0.25, -0.2) is 0 Å². The minimum absolute atomic E-state index is 0.0928. The number of carbonyl (C=O) groups excluding carboxylic acids is 1. The highest BCUT2D eigenvalue weighted by molar-refractivity contribution is 6.30. The smallest absolute Gasteiger partial charge is 0.242 e. The van der Waals surface area contributed by atoms with E-state index in [4.69, 9.17) is 16.6 Å². The lowest BCUT2D eigenvalue weighted by molar-refractivity contribution is -0.135. The third-order valence-electron chi connectivity index (χ3n) is 5.22. The minimum atomic E-state index is 0.0928. The van der Waals surface area contributed by atoms with Crippen LogP contribution in [0, 0.1) is 0 Å². The van der Waals surface area contributed by atoms with E-state index in [1.54, 1.807) is 0 Å². The highest BCUT2D eigenvalue weighted by atomic mass is 35.5. The number of fused-ring (bicyclic) bond motifs is 1. The van der Waals surface area contributed by atoms with Crippen molar-refractivity contribution in [3.8, 4) is 0 Å². The second kappa shape index (κ2) is 9.78. The second-order valence-corrected chi connectivity index (χ2v) is 7.83. The van der Waals surface area contributed by atoms with Gasteiger partial charge in [-0.3, -0.25) is 14.2 Å². The van der Waals surface area contributed by atoms with E-state index in [2.05, 4.69) is 15.5 Å². The summed E-state index contributed by atoms with van der Waals surface area (Å²) in [5, 5.41) is 12.4. The average molecular weight is 440 g/mol. The number of carbonyl (C=O) groups is 1. The summed E-state index contributed by atoms with van der Waals surface area (Å²) in [7, 11) is 0. The number of guanidine groups is 1. The van der Waals surface area contributed by atoms with E-state index < -0.39 is 0 Å². The van der Waals surface area contributed by atoms with Gasteiger partial charge in [0.15, 0.2) is 11.6 Å². The fraction of sp³-hybridized carbons (Fsp3) is 0.364. The third-order valence-corrected chi connectivity index (χ3v) is 5.47. The quantitative estimate of drug-likeness (QED) is 0.470. The van der Waals surface area contributed by atoms with Crippen molar-refractivity contribution >= 4 is 29.1 Å². The predicted octanol–water partition coefficient (Wildman–Crippen LogP) is 2.24. The Bertz CT molecular complexity index is 1060. The summed E-state index contributed by atoms with van der Waals surface area (Å²) in [6.45, 7) is 5.63.